The molecule has 2 rings (SSSR count). The van der Waals surface area contributed by atoms with E-state index in [2.05, 4.69) is 0 Å². The number of ether oxygens (including phenoxy) is 1. The highest BCUT2D eigenvalue weighted by Crippen LogP contribution is 2.40. The van der Waals surface area contributed by atoms with Gasteiger partial charge in [0, 0.05) is 18.6 Å². The molecule has 1 aromatic rings. The second-order valence-corrected chi connectivity index (χ2v) is 3.32. The summed E-state index contributed by atoms with van der Waals surface area (Å²) < 4.78 is 10.6. The summed E-state index contributed by atoms with van der Waals surface area (Å²) in [7, 11) is 0. The van der Waals surface area contributed by atoms with Crippen LogP contribution in [-0.4, -0.2) is 17.7 Å². The summed E-state index contributed by atoms with van der Waals surface area (Å²) in [6.07, 6.45) is 2.61. The fourth-order valence-electron chi connectivity index (χ4n) is 2.00. The SMILES string of the molecule is CCOC1(C(=O)O)CCc2occc21. The molecule has 1 atom stereocenters. The van der Waals surface area contributed by atoms with Crippen molar-refractivity contribution in [3.63, 3.8) is 0 Å². The van der Waals surface area contributed by atoms with Crippen LogP contribution >= 0.6 is 0 Å². The molecule has 4 heteroatoms. The number of fused-ring (bicyclic) bond motifs is 1. The number of carboxylic acid groups (broad SMARTS) is 1. The van der Waals surface area contributed by atoms with Crippen molar-refractivity contribution in [2.45, 2.75) is 25.4 Å². The number of hydrogen-bond donors (Lipinski definition) is 1. The van der Waals surface area contributed by atoms with E-state index in [4.69, 9.17) is 9.15 Å². The van der Waals surface area contributed by atoms with Crippen molar-refractivity contribution in [1.82, 2.24) is 0 Å². The molecule has 0 aliphatic heterocycles. The van der Waals surface area contributed by atoms with Crippen molar-refractivity contribution in [2.75, 3.05) is 6.61 Å². The van der Waals surface area contributed by atoms with Gasteiger partial charge in [0.05, 0.1) is 6.26 Å². The number of furan rings is 1. The van der Waals surface area contributed by atoms with Crippen LogP contribution in [0.4, 0.5) is 0 Å². The molecule has 0 radical (unpaired) electrons. The Kier molecular flexibility index (Phi) is 2.07. The summed E-state index contributed by atoms with van der Waals surface area (Å²) in [5.41, 5.74) is -0.497. The molecule has 0 bridgehead atoms. The maximum absolute atomic E-state index is 11.2. The average Bonchev–Trinajstić information content (AvgIpc) is 2.68. The predicted molar refractivity (Wildman–Crippen MR) is 48.0 cm³/mol. The molecule has 0 saturated carbocycles. The normalized spacial score (nSPS) is 24.9. The van der Waals surface area contributed by atoms with Crippen molar-refractivity contribution >= 4 is 5.97 Å². The molecule has 0 aromatic carbocycles. The first kappa shape index (κ1) is 9.27. The lowest BCUT2D eigenvalue weighted by atomic mass is 9.98. The van der Waals surface area contributed by atoms with Gasteiger partial charge < -0.3 is 14.3 Å². The van der Waals surface area contributed by atoms with Gasteiger partial charge in [-0.1, -0.05) is 0 Å². The first-order valence-electron chi connectivity index (χ1n) is 4.65. The van der Waals surface area contributed by atoms with Gasteiger partial charge in [-0.25, -0.2) is 4.79 Å². The lowest BCUT2D eigenvalue weighted by molar-refractivity contribution is -0.167. The van der Waals surface area contributed by atoms with Crippen molar-refractivity contribution in [2.24, 2.45) is 0 Å². The van der Waals surface area contributed by atoms with Crippen LogP contribution in [0.25, 0.3) is 0 Å². The molecule has 4 nitrogen and oxygen atoms in total. The van der Waals surface area contributed by atoms with Crippen molar-refractivity contribution in [1.29, 1.82) is 0 Å². The molecule has 76 valence electrons. The van der Waals surface area contributed by atoms with E-state index in [1.54, 1.807) is 13.0 Å². The molecular weight excluding hydrogens is 184 g/mol. The summed E-state index contributed by atoms with van der Waals surface area (Å²) in [6.45, 7) is 2.18. The van der Waals surface area contributed by atoms with Gasteiger partial charge in [-0.3, -0.25) is 0 Å². The number of aliphatic carboxylic acids is 1. The molecule has 1 N–H and O–H groups in total. The molecule has 1 unspecified atom stereocenters. The van der Waals surface area contributed by atoms with Crippen molar-refractivity contribution < 1.29 is 19.1 Å². The molecule has 0 spiro atoms. The maximum atomic E-state index is 11.2. The summed E-state index contributed by atoms with van der Waals surface area (Å²) in [4.78, 5) is 11.2. The third kappa shape index (κ3) is 1.07. The van der Waals surface area contributed by atoms with Gasteiger partial charge in [-0.05, 0) is 19.4 Å². The summed E-state index contributed by atoms with van der Waals surface area (Å²) >= 11 is 0. The first-order chi connectivity index (χ1) is 6.70. The van der Waals surface area contributed by atoms with E-state index in [9.17, 15) is 9.90 Å². The number of aryl methyl sites for hydroxylation is 1. The summed E-state index contributed by atoms with van der Waals surface area (Å²) in [6, 6.07) is 1.69. The van der Waals surface area contributed by atoms with Gasteiger partial charge in [-0.15, -0.1) is 0 Å². The molecule has 1 aliphatic carbocycles. The first-order valence-corrected chi connectivity index (χ1v) is 4.65. The van der Waals surface area contributed by atoms with Crippen LogP contribution in [0.3, 0.4) is 0 Å². The quantitative estimate of drug-likeness (QED) is 0.796. The zero-order valence-electron chi connectivity index (χ0n) is 7.95. The Balaban J connectivity index is 2.44. The van der Waals surface area contributed by atoms with Gasteiger partial charge in [0.2, 0.25) is 0 Å². The number of hydrogen-bond acceptors (Lipinski definition) is 3. The topological polar surface area (TPSA) is 59.7 Å². The van der Waals surface area contributed by atoms with E-state index in [0.717, 1.165) is 5.76 Å². The highest BCUT2D eigenvalue weighted by atomic mass is 16.5. The molecule has 0 amide bonds. The predicted octanol–water partition coefficient (Wildman–Crippen LogP) is 1.54. The van der Waals surface area contributed by atoms with E-state index < -0.39 is 11.6 Å². The summed E-state index contributed by atoms with van der Waals surface area (Å²) in [5, 5.41) is 9.19. The molecule has 14 heavy (non-hydrogen) atoms. The number of rotatable bonds is 3. The van der Waals surface area contributed by atoms with Crippen molar-refractivity contribution in [3.8, 4) is 0 Å². The third-order valence-electron chi connectivity index (χ3n) is 2.62. The smallest absolute Gasteiger partial charge is 0.340 e. The molecule has 0 saturated heterocycles. The molecule has 1 aromatic heterocycles. The van der Waals surface area contributed by atoms with Gasteiger partial charge in [0.15, 0.2) is 5.60 Å². The standard InChI is InChI=1S/C10H12O4/c1-2-14-10(9(11)12)5-3-8-7(10)4-6-13-8/h4,6H,2-3,5H2,1H3,(H,11,12). The van der Waals surface area contributed by atoms with Gasteiger partial charge in [0.1, 0.15) is 5.76 Å². The van der Waals surface area contributed by atoms with Crippen LogP contribution < -0.4 is 0 Å². The monoisotopic (exact) mass is 196 g/mol. The van der Waals surface area contributed by atoms with E-state index in [0.29, 0.717) is 25.0 Å². The van der Waals surface area contributed by atoms with E-state index >= 15 is 0 Å². The largest absolute Gasteiger partial charge is 0.479 e. The van der Waals surface area contributed by atoms with Crippen LogP contribution in [-0.2, 0) is 21.6 Å². The Morgan fingerprint density at radius 2 is 2.57 bits per heavy atom. The minimum Gasteiger partial charge on any atom is -0.479 e. The fourth-order valence-corrected chi connectivity index (χ4v) is 2.00. The highest BCUT2D eigenvalue weighted by Gasteiger charge is 2.48. The van der Waals surface area contributed by atoms with Crippen LogP contribution in [0.1, 0.15) is 24.7 Å². The van der Waals surface area contributed by atoms with Crippen LogP contribution in [0.15, 0.2) is 16.7 Å². The maximum Gasteiger partial charge on any atom is 0.340 e. The Morgan fingerprint density at radius 1 is 1.79 bits per heavy atom. The summed E-state index contributed by atoms with van der Waals surface area (Å²) in [5.74, 6) is -0.194. The van der Waals surface area contributed by atoms with Gasteiger partial charge >= 0.3 is 5.97 Å². The number of carbonyl (C=O) groups is 1. The molecular formula is C10H12O4. The van der Waals surface area contributed by atoms with Crippen molar-refractivity contribution in [3.05, 3.63) is 23.7 Å². The molecule has 1 aliphatic rings. The highest BCUT2D eigenvalue weighted by molar-refractivity contribution is 5.80. The Bertz CT molecular complexity index is 355. The van der Waals surface area contributed by atoms with Gasteiger partial charge in [0.25, 0.3) is 0 Å². The van der Waals surface area contributed by atoms with E-state index in [1.807, 2.05) is 0 Å². The second-order valence-electron chi connectivity index (χ2n) is 3.32. The zero-order valence-corrected chi connectivity index (χ0v) is 7.95. The lowest BCUT2D eigenvalue weighted by Crippen LogP contribution is -2.36. The minimum absolute atomic E-state index is 0.386. The van der Waals surface area contributed by atoms with E-state index in [-0.39, 0.29) is 0 Å². The Morgan fingerprint density at radius 3 is 3.21 bits per heavy atom. The zero-order chi connectivity index (χ0) is 10.2. The van der Waals surface area contributed by atoms with Crippen LogP contribution in [0.5, 0.6) is 0 Å². The van der Waals surface area contributed by atoms with Gasteiger partial charge in [-0.2, -0.15) is 0 Å². The molecule has 1 heterocycles. The van der Waals surface area contributed by atoms with Crippen LogP contribution in [0.2, 0.25) is 0 Å². The second kappa shape index (κ2) is 3.13. The third-order valence-corrected chi connectivity index (χ3v) is 2.62. The minimum atomic E-state index is -1.17. The van der Waals surface area contributed by atoms with E-state index in [1.165, 1.54) is 6.26 Å². The average molecular weight is 196 g/mol. The Labute approximate surface area is 81.5 Å². The number of carboxylic acids is 1. The van der Waals surface area contributed by atoms with Crippen LogP contribution in [0, 0.1) is 0 Å². The fraction of sp³-hybridized carbons (Fsp3) is 0.500. The molecule has 0 fully saturated rings. The lowest BCUT2D eigenvalue weighted by Gasteiger charge is -2.23. The Hall–Kier alpha value is -1.29.